The summed E-state index contributed by atoms with van der Waals surface area (Å²) >= 11 is 0. The van der Waals surface area contributed by atoms with E-state index in [1.54, 1.807) is 7.11 Å². The summed E-state index contributed by atoms with van der Waals surface area (Å²) in [5.74, 6) is 0.762. The molecule has 3 heteroatoms. The van der Waals surface area contributed by atoms with E-state index in [2.05, 4.69) is 0 Å². The molecule has 18 heavy (non-hydrogen) atoms. The second kappa shape index (κ2) is 6.01. The van der Waals surface area contributed by atoms with Gasteiger partial charge in [-0.2, -0.15) is 0 Å². The Morgan fingerprint density at radius 2 is 2.00 bits per heavy atom. The van der Waals surface area contributed by atoms with Crippen molar-refractivity contribution in [3.63, 3.8) is 0 Å². The molecule has 3 nitrogen and oxygen atoms in total. The number of benzene rings is 1. The van der Waals surface area contributed by atoms with Crippen molar-refractivity contribution in [3.05, 3.63) is 28.8 Å². The van der Waals surface area contributed by atoms with Gasteiger partial charge in [-0.25, -0.2) is 0 Å². The Balaban J connectivity index is 3.20. The molecule has 1 rings (SSSR count). The molecule has 1 aromatic rings. The molecule has 100 valence electrons. The zero-order valence-corrected chi connectivity index (χ0v) is 11.9. The molecule has 2 atom stereocenters. The number of ketones is 1. The third kappa shape index (κ3) is 2.91. The lowest BCUT2D eigenvalue weighted by atomic mass is 9.89. The fraction of sp³-hybridized carbons (Fsp3) is 0.533. The summed E-state index contributed by atoms with van der Waals surface area (Å²) in [7, 11) is 1.58. The summed E-state index contributed by atoms with van der Waals surface area (Å²) in [6.07, 6.45) is 0.889. The molecule has 0 amide bonds. The number of hydrogen-bond acceptors (Lipinski definition) is 3. The standard InChI is InChI=1S/C15H23NO2/c1-6-10(3)14(16)15(17)13-11(4)7-9(2)8-12(13)18-5/h7-8,10,14H,6,16H2,1-5H3. The van der Waals surface area contributed by atoms with E-state index in [4.69, 9.17) is 10.5 Å². The summed E-state index contributed by atoms with van der Waals surface area (Å²) in [5.41, 5.74) is 8.66. The van der Waals surface area contributed by atoms with Crippen LogP contribution in [-0.4, -0.2) is 18.9 Å². The highest BCUT2D eigenvalue weighted by Crippen LogP contribution is 2.26. The van der Waals surface area contributed by atoms with E-state index in [0.29, 0.717) is 11.3 Å². The van der Waals surface area contributed by atoms with Gasteiger partial charge in [-0.1, -0.05) is 26.3 Å². The maximum Gasteiger partial charge on any atom is 0.183 e. The first kappa shape index (κ1) is 14.7. The molecule has 0 bridgehead atoms. The molecule has 0 aliphatic carbocycles. The van der Waals surface area contributed by atoms with Gasteiger partial charge in [-0.3, -0.25) is 4.79 Å². The first-order valence-corrected chi connectivity index (χ1v) is 6.37. The smallest absolute Gasteiger partial charge is 0.183 e. The Bertz CT molecular complexity index is 440. The van der Waals surface area contributed by atoms with Crippen LogP contribution in [0, 0.1) is 19.8 Å². The quantitative estimate of drug-likeness (QED) is 0.816. The van der Waals surface area contributed by atoms with E-state index in [1.165, 1.54) is 0 Å². The van der Waals surface area contributed by atoms with Crippen LogP contribution in [0.25, 0.3) is 0 Å². The van der Waals surface area contributed by atoms with Crippen molar-refractivity contribution in [2.75, 3.05) is 7.11 Å². The van der Waals surface area contributed by atoms with Crippen LogP contribution >= 0.6 is 0 Å². The fourth-order valence-corrected chi connectivity index (χ4v) is 2.08. The van der Waals surface area contributed by atoms with Gasteiger partial charge in [0.05, 0.1) is 18.7 Å². The first-order valence-electron chi connectivity index (χ1n) is 6.37. The number of rotatable bonds is 5. The summed E-state index contributed by atoms with van der Waals surface area (Å²) in [6, 6.07) is 3.40. The van der Waals surface area contributed by atoms with E-state index in [1.807, 2.05) is 39.8 Å². The van der Waals surface area contributed by atoms with E-state index in [-0.39, 0.29) is 11.7 Å². The molecule has 0 aliphatic heterocycles. The van der Waals surface area contributed by atoms with E-state index < -0.39 is 6.04 Å². The third-order valence-electron chi connectivity index (χ3n) is 3.47. The number of carbonyl (C=O) groups is 1. The van der Waals surface area contributed by atoms with Gasteiger partial charge in [0.25, 0.3) is 0 Å². The van der Waals surface area contributed by atoms with Crippen LogP contribution in [0.4, 0.5) is 0 Å². The van der Waals surface area contributed by atoms with E-state index >= 15 is 0 Å². The topological polar surface area (TPSA) is 52.3 Å². The molecule has 2 unspecified atom stereocenters. The zero-order valence-electron chi connectivity index (χ0n) is 11.9. The Morgan fingerprint density at radius 1 is 1.39 bits per heavy atom. The highest BCUT2D eigenvalue weighted by atomic mass is 16.5. The fourth-order valence-electron chi connectivity index (χ4n) is 2.08. The molecule has 0 spiro atoms. The average molecular weight is 249 g/mol. The number of hydrogen-bond donors (Lipinski definition) is 1. The minimum atomic E-state index is -0.467. The molecule has 0 radical (unpaired) electrons. The van der Waals surface area contributed by atoms with Crippen molar-refractivity contribution in [3.8, 4) is 5.75 Å². The minimum absolute atomic E-state index is 0.0290. The van der Waals surface area contributed by atoms with Crippen LogP contribution in [0.1, 0.15) is 41.8 Å². The van der Waals surface area contributed by atoms with Gasteiger partial charge in [-0.05, 0) is 37.0 Å². The van der Waals surface area contributed by atoms with Gasteiger partial charge >= 0.3 is 0 Å². The molecule has 0 heterocycles. The highest BCUT2D eigenvalue weighted by molar-refractivity contribution is 6.03. The third-order valence-corrected chi connectivity index (χ3v) is 3.47. The van der Waals surface area contributed by atoms with Gasteiger partial charge in [-0.15, -0.1) is 0 Å². The van der Waals surface area contributed by atoms with Crippen LogP contribution in [0.2, 0.25) is 0 Å². The number of methoxy groups -OCH3 is 1. The predicted octanol–water partition coefficient (Wildman–Crippen LogP) is 2.87. The SMILES string of the molecule is CCC(C)C(N)C(=O)c1c(C)cc(C)cc1OC. The lowest BCUT2D eigenvalue weighted by Crippen LogP contribution is -2.37. The highest BCUT2D eigenvalue weighted by Gasteiger charge is 2.25. The molecular formula is C15H23NO2. The van der Waals surface area contributed by atoms with Gasteiger partial charge in [0.15, 0.2) is 5.78 Å². The summed E-state index contributed by atoms with van der Waals surface area (Å²) in [5, 5.41) is 0. The second-order valence-electron chi connectivity index (χ2n) is 4.93. The largest absolute Gasteiger partial charge is 0.496 e. The van der Waals surface area contributed by atoms with Crippen molar-refractivity contribution < 1.29 is 9.53 Å². The number of nitrogens with two attached hydrogens (primary N) is 1. The molecule has 2 N–H and O–H groups in total. The molecule has 0 aliphatic rings. The number of aryl methyl sites for hydroxylation is 2. The Hall–Kier alpha value is -1.35. The maximum atomic E-state index is 12.5. The average Bonchev–Trinajstić information content (AvgIpc) is 2.35. The monoisotopic (exact) mass is 249 g/mol. The number of Topliss-reactive ketones (excluding diaryl/α,β-unsaturated/α-hetero) is 1. The molecule has 1 aromatic carbocycles. The van der Waals surface area contributed by atoms with Gasteiger partial charge < -0.3 is 10.5 Å². The summed E-state index contributed by atoms with van der Waals surface area (Å²) in [6.45, 7) is 7.94. The normalized spacial score (nSPS) is 14.1. The first-order chi connectivity index (χ1) is 8.42. The molecule has 0 aromatic heterocycles. The Kier molecular flexibility index (Phi) is 4.91. The molecular weight excluding hydrogens is 226 g/mol. The Labute approximate surface area is 109 Å². The van der Waals surface area contributed by atoms with Gasteiger partial charge in [0.2, 0.25) is 0 Å². The maximum absolute atomic E-state index is 12.5. The minimum Gasteiger partial charge on any atom is -0.496 e. The number of ether oxygens (including phenoxy) is 1. The number of carbonyl (C=O) groups excluding carboxylic acids is 1. The van der Waals surface area contributed by atoms with E-state index in [9.17, 15) is 4.79 Å². The van der Waals surface area contributed by atoms with Crippen LogP contribution in [0.3, 0.4) is 0 Å². The van der Waals surface area contributed by atoms with Gasteiger partial charge in [0, 0.05) is 0 Å². The predicted molar refractivity (Wildman–Crippen MR) is 74.2 cm³/mol. The van der Waals surface area contributed by atoms with Crippen LogP contribution in [-0.2, 0) is 0 Å². The zero-order chi connectivity index (χ0) is 13.9. The van der Waals surface area contributed by atoms with Crippen molar-refractivity contribution in [1.29, 1.82) is 0 Å². The molecule has 0 saturated carbocycles. The lowest BCUT2D eigenvalue weighted by molar-refractivity contribution is 0.0931. The van der Waals surface area contributed by atoms with E-state index in [0.717, 1.165) is 17.5 Å². The molecule has 0 fully saturated rings. The van der Waals surface area contributed by atoms with Crippen LogP contribution in [0.15, 0.2) is 12.1 Å². The Morgan fingerprint density at radius 3 is 2.50 bits per heavy atom. The van der Waals surface area contributed by atoms with Gasteiger partial charge in [0.1, 0.15) is 5.75 Å². The van der Waals surface area contributed by atoms with Crippen molar-refractivity contribution in [2.45, 2.75) is 40.2 Å². The lowest BCUT2D eigenvalue weighted by Gasteiger charge is -2.20. The van der Waals surface area contributed by atoms with Crippen molar-refractivity contribution >= 4 is 5.78 Å². The van der Waals surface area contributed by atoms with Crippen LogP contribution < -0.4 is 10.5 Å². The van der Waals surface area contributed by atoms with Crippen LogP contribution in [0.5, 0.6) is 5.75 Å². The van der Waals surface area contributed by atoms with Crippen molar-refractivity contribution in [1.82, 2.24) is 0 Å². The van der Waals surface area contributed by atoms with Crippen molar-refractivity contribution in [2.24, 2.45) is 11.7 Å². The molecule has 0 saturated heterocycles. The summed E-state index contributed by atoms with van der Waals surface area (Å²) < 4.78 is 5.32. The summed E-state index contributed by atoms with van der Waals surface area (Å²) in [4.78, 5) is 12.5. The second-order valence-corrected chi connectivity index (χ2v) is 4.93.